The maximum absolute atomic E-state index is 14.0. The second-order valence-corrected chi connectivity index (χ2v) is 6.75. The van der Waals surface area contributed by atoms with Crippen LogP contribution in [0.25, 0.3) is 28.1 Å². The number of aryl methyl sites for hydroxylation is 1. The van der Waals surface area contributed by atoms with Crippen molar-refractivity contribution in [3.8, 4) is 11.5 Å². The Labute approximate surface area is 150 Å². The molecule has 128 valence electrons. The average molecular weight is 346 g/mol. The third-order valence-corrected chi connectivity index (χ3v) is 5.08. The van der Waals surface area contributed by atoms with Gasteiger partial charge >= 0.3 is 0 Å². The average Bonchev–Trinajstić information content (AvgIpc) is 3.09. The lowest BCUT2D eigenvalue weighted by molar-refractivity contribution is 0.640. The van der Waals surface area contributed by atoms with E-state index in [-0.39, 0.29) is 5.82 Å². The van der Waals surface area contributed by atoms with E-state index in [9.17, 15) is 4.39 Å². The monoisotopic (exact) mass is 346 g/mol. The molecule has 0 fully saturated rings. The van der Waals surface area contributed by atoms with Gasteiger partial charge < -0.3 is 4.90 Å². The van der Waals surface area contributed by atoms with Crippen molar-refractivity contribution in [3.05, 3.63) is 41.8 Å². The van der Waals surface area contributed by atoms with Gasteiger partial charge in [-0.2, -0.15) is 9.61 Å². The molecular weight excluding hydrogens is 330 g/mol. The van der Waals surface area contributed by atoms with Crippen molar-refractivity contribution in [2.24, 2.45) is 0 Å². The van der Waals surface area contributed by atoms with Gasteiger partial charge in [0.15, 0.2) is 5.65 Å². The summed E-state index contributed by atoms with van der Waals surface area (Å²) in [6, 6.07) is 6.72. The third kappa shape index (κ3) is 2.11. The summed E-state index contributed by atoms with van der Waals surface area (Å²) < 4.78 is 15.8. The predicted octanol–water partition coefficient (Wildman–Crippen LogP) is 1.12. The molecule has 0 N–H and O–H groups in total. The van der Waals surface area contributed by atoms with Gasteiger partial charge in [0.1, 0.15) is 19.4 Å². The summed E-state index contributed by atoms with van der Waals surface area (Å²) in [6.45, 7) is 1.02. The summed E-state index contributed by atoms with van der Waals surface area (Å²) in [5.41, 5.74) is 5.22. The zero-order valence-corrected chi connectivity index (χ0v) is 14.6. The van der Waals surface area contributed by atoms with Crippen LogP contribution < -0.4 is 10.4 Å². The fourth-order valence-corrected chi connectivity index (χ4v) is 3.67. The standard InChI is InChI=1S/C18H16BFN6/c1-25-8-2-3-11-15(25)9-21-26-17(11)23-24-18(26)14-7-4-10-13(20)6-5-12(19)16(10)22-14/h4-7,9H,2-3,8,19H2,1H3. The Morgan fingerprint density at radius 1 is 1.15 bits per heavy atom. The highest BCUT2D eigenvalue weighted by Gasteiger charge is 2.21. The van der Waals surface area contributed by atoms with Crippen LogP contribution in [0.4, 0.5) is 10.1 Å². The SMILES string of the molecule is Bc1ccc(F)c2ccc(-c3nnc4c5c(cnn34)N(C)CCC5)nc12. The van der Waals surface area contributed by atoms with E-state index in [1.165, 1.54) is 6.07 Å². The number of hydrogen-bond donors (Lipinski definition) is 0. The Morgan fingerprint density at radius 2 is 2.04 bits per heavy atom. The van der Waals surface area contributed by atoms with Crippen LogP contribution in [0.15, 0.2) is 30.5 Å². The van der Waals surface area contributed by atoms with Crippen LogP contribution in [0.1, 0.15) is 12.0 Å². The minimum absolute atomic E-state index is 0.272. The molecule has 4 heterocycles. The molecule has 0 bridgehead atoms. The van der Waals surface area contributed by atoms with Gasteiger partial charge in [0.2, 0.25) is 5.82 Å². The molecule has 4 aromatic rings. The van der Waals surface area contributed by atoms with Crippen LogP contribution in [0.2, 0.25) is 0 Å². The number of aromatic nitrogens is 5. The Kier molecular flexibility index (Phi) is 3.22. The molecule has 1 aromatic carbocycles. The highest BCUT2D eigenvalue weighted by Crippen LogP contribution is 2.29. The number of pyridine rings is 1. The van der Waals surface area contributed by atoms with Gasteiger partial charge in [0, 0.05) is 24.5 Å². The van der Waals surface area contributed by atoms with Gasteiger partial charge in [0.25, 0.3) is 0 Å². The van der Waals surface area contributed by atoms with Crippen molar-refractivity contribution in [1.29, 1.82) is 0 Å². The smallest absolute Gasteiger partial charge is 0.203 e. The van der Waals surface area contributed by atoms with Gasteiger partial charge in [0.05, 0.1) is 17.4 Å². The maximum atomic E-state index is 14.0. The van der Waals surface area contributed by atoms with E-state index in [0.717, 1.165) is 41.7 Å². The van der Waals surface area contributed by atoms with Gasteiger partial charge in [-0.05, 0) is 31.0 Å². The molecule has 0 unspecified atom stereocenters. The number of nitrogens with zero attached hydrogens (tertiary/aromatic N) is 6. The van der Waals surface area contributed by atoms with Crippen LogP contribution in [0.5, 0.6) is 0 Å². The lowest BCUT2D eigenvalue weighted by atomic mass is 9.93. The van der Waals surface area contributed by atoms with E-state index in [4.69, 9.17) is 0 Å². The lowest BCUT2D eigenvalue weighted by Gasteiger charge is -2.26. The van der Waals surface area contributed by atoms with E-state index in [0.29, 0.717) is 22.4 Å². The van der Waals surface area contributed by atoms with E-state index in [1.807, 2.05) is 14.0 Å². The Bertz CT molecular complexity index is 1170. The lowest BCUT2D eigenvalue weighted by Crippen LogP contribution is -2.25. The molecule has 8 heteroatoms. The number of halogens is 1. The zero-order valence-electron chi connectivity index (χ0n) is 14.6. The van der Waals surface area contributed by atoms with Crippen LogP contribution in [0.3, 0.4) is 0 Å². The first-order chi connectivity index (χ1) is 12.6. The molecule has 0 radical (unpaired) electrons. The van der Waals surface area contributed by atoms with Crippen molar-refractivity contribution >= 4 is 35.5 Å². The van der Waals surface area contributed by atoms with Crippen LogP contribution in [-0.4, -0.2) is 46.2 Å². The molecule has 3 aromatic heterocycles. The maximum Gasteiger partial charge on any atom is 0.203 e. The van der Waals surface area contributed by atoms with Crippen molar-refractivity contribution in [2.75, 3.05) is 18.5 Å². The molecule has 5 rings (SSSR count). The Hall–Kier alpha value is -3.03. The first-order valence-corrected chi connectivity index (χ1v) is 8.64. The number of rotatable bonds is 1. The summed E-state index contributed by atoms with van der Waals surface area (Å²) in [5.74, 6) is 0.299. The molecule has 0 saturated heterocycles. The highest BCUT2D eigenvalue weighted by atomic mass is 19.1. The quantitative estimate of drug-likeness (QED) is 0.484. The molecule has 26 heavy (non-hydrogen) atoms. The highest BCUT2D eigenvalue weighted by molar-refractivity contribution is 6.38. The second kappa shape index (κ2) is 5.49. The topological polar surface area (TPSA) is 59.2 Å². The van der Waals surface area contributed by atoms with E-state index >= 15 is 0 Å². The molecule has 0 atom stereocenters. The van der Waals surface area contributed by atoms with Crippen molar-refractivity contribution in [1.82, 2.24) is 24.8 Å². The minimum atomic E-state index is -0.272. The summed E-state index contributed by atoms with van der Waals surface area (Å²) in [4.78, 5) is 6.84. The van der Waals surface area contributed by atoms with Crippen molar-refractivity contribution in [3.63, 3.8) is 0 Å². The van der Waals surface area contributed by atoms with Crippen LogP contribution in [-0.2, 0) is 6.42 Å². The first-order valence-electron chi connectivity index (χ1n) is 8.64. The number of benzene rings is 1. The molecule has 0 amide bonds. The van der Waals surface area contributed by atoms with E-state index in [1.54, 1.807) is 22.7 Å². The predicted molar refractivity (Wildman–Crippen MR) is 101 cm³/mol. The summed E-state index contributed by atoms with van der Waals surface area (Å²) in [7, 11) is 3.99. The molecule has 0 aliphatic carbocycles. The first kappa shape index (κ1) is 15.2. The van der Waals surface area contributed by atoms with Gasteiger partial charge in [-0.25, -0.2) is 9.37 Å². The van der Waals surface area contributed by atoms with E-state index in [2.05, 4.69) is 32.2 Å². The van der Waals surface area contributed by atoms with E-state index < -0.39 is 0 Å². The molecule has 0 saturated carbocycles. The van der Waals surface area contributed by atoms with Gasteiger partial charge in [-0.15, -0.1) is 10.2 Å². The summed E-state index contributed by atoms with van der Waals surface area (Å²) in [5, 5.41) is 13.8. The van der Waals surface area contributed by atoms with Crippen molar-refractivity contribution in [2.45, 2.75) is 12.8 Å². The van der Waals surface area contributed by atoms with Crippen LogP contribution >= 0.6 is 0 Å². The minimum Gasteiger partial charge on any atom is -0.373 e. The number of fused-ring (bicyclic) bond motifs is 4. The van der Waals surface area contributed by atoms with Crippen molar-refractivity contribution < 1.29 is 4.39 Å². The van der Waals surface area contributed by atoms with Crippen LogP contribution in [0, 0.1) is 5.82 Å². The molecule has 1 aliphatic rings. The molecule has 1 aliphatic heterocycles. The fraction of sp³-hybridized carbons (Fsp3) is 0.222. The Balaban J connectivity index is 1.73. The van der Waals surface area contributed by atoms with Gasteiger partial charge in [-0.3, -0.25) is 0 Å². The molecular formula is C18H16BFN6. The summed E-state index contributed by atoms with van der Waals surface area (Å²) in [6.07, 6.45) is 3.90. The fourth-order valence-electron chi connectivity index (χ4n) is 3.67. The largest absolute Gasteiger partial charge is 0.373 e. The molecule has 6 nitrogen and oxygen atoms in total. The number of anilines is 1. The zero-order chi connectivity index (χ0) is 17.8. The Morgan fingerprint density at radius 3 is 2.92 bits per heavy atom. The second-order valence-electron chi connectivity index (χ2n) is 6.75. The summed E-state index contributed by atoms with van der Waals surface area (Å²) >= 11 is 0. The van der Waals surface area contributed by atoms with Gasteiger partial charge in [-0.1, -0.05) is 11.5 Å². The normalized spacial score (nSPS) is 14.2. The molecule has 0 spiro atoms. The number of hydrogen-bond acceptors (Lipinski definition) is 5. The third-order valence-electron chi connectivity index (χ3n) is 5.08.